The van der Waals surface area contributed by atoms with E-state index >= 15 is 0 Å². The summed E-state index contributed by atoms with van der Waals surface area (Å²) in [6.07, 6.45) is -0.239. The topological polar surface area (TPSA) is 99.6 Å². The third-order valence-electron chi connectivity index (χ3n) is 4.63. The second-order valence-corrected chi connectivity index (χ2v) is 6.47. The number of rotatable bonds is 5. The number of esters is 1. The predicted molar refractivity (Wildman–Crippen MR) is 107 cm³/mol. The molecule has 0 aliphatic carbocycles. The van der Waals surface area contributed by atoms with Crippen LogP contribution in [0.3, 0.4) is 0 Å². The number of para-hydroxylation sites is 1. The lowest BCUT2D eigenvalue weighted by Crippen LogP contribution is -2.11. The molecule has 0 unspecified atom stereocenters. The Labute approximate surface area is 164 Å². The van der Waals surface area contributed by atoms with Gasteiger partial charge in [-0.05, 0) is 16.8 Å². The molecule has 0 radical (unpaired) electrons. The van der Waals surface area contributed by atoms with Crippen LogP contribution in [-0.2, 0) is 22.6 Å². The van der Waals surface area contributed by atoms with Gasteiger partial charge in [0.1, 0.15) is 12.2 Å². The maximum atomic E-state index is 12.3. The second kappa shape index (κ2) is 7.55. The number of nitrogens with zero attached hydrogens (tertiary/aromatic N) is 1. The minimum atomic E-state index is -0.624. The van der Waals surface area contributed by atoms with Crippen LogP contribution < -0.4 is 5.63 Å². The van der Waals surface area contributed by atoms with E-state index in [0.717, 1.165) is 10.8 Å². The average molecular weight is 389 g/mol. The fourth-order valence-corrected chi connectivity index (χ4v) is 3.34. The SMILES string of the molecule is O=C(Cc1ccccc1[N+](=O)[O-])OCc1cc(=O)oc2ccc3ccccc3c12. The van der Waals surface area contributed by atoms with Crippen molar-refractivity contribution >= 4 is 33.4 Å². The van der Waals surface area contributed by atoms with Gasteiger partial charge in [0.2, 0.25) is 0 Å². The van der Waals surface area contributed by atoms with E-state index in [1.165, 1.54) is 24.3 Å². The first-order valence-electron chi connectivity index (χ1n) is 8.85. The number of carbonyl (C=O) groups excluding carboxylic acids is 1. The van der Waals surface area contributed by atoms with E-state index in [-0.39, 0.29) is 24.3 Å². The molecule has 0 N–H and O–H groups in total. The van der Waals surface area contributed by atoms with Gasteiger partial charge < -0.3 is 9.15 Å². The molecular formula is C22H15NO6. The fourth-order valence-electron chi connectivity index (χ4n) is 3.34. The Morgan fingerprint density at radius 3 is 2.59 bits per heavy atom. The first-order chi connectivity index (χ1) is 14.0. The van der Waals surface area contributed by atoms with Gasteiger partial charge in [-0.25, -0.2) is 4.79 Å². The Hall–Kier alpha value is -4.00. The molecule has 0 aliphatic rings. The lowest BCUT2D eigenvalue weighted by molar-refractivity contribution is -0.385. The molecule has 3 aromatic carbocycles. The summed E-state index contributed by atoms with van der Waals surface area (Å²) in [6, 6.07) is 18.5. The fraction of sp³-hybridized carbons (Fsp3) is 0.0909. The number of hydrogen-bond acceptors (Lipinski definition) is 6. The standard InChI is InChI=1S/C22H15NO6/c24-20(11-15-6-2-4-8-18(15)23(26)27)28-13-16-12-21(25)29-19-10-9-14-5-1-3-7-17(14)22(16)19/h1-10,12H,11,13H2. The van der Waals surface area contributed by atoms with Gasteiger partial charge in [0, 0.05) is 28.6 Å². The van der Waals surface area contributed by atoms with E-state index in [1.54, 1.807) is 12.1 Å². The monoisotopic (exact) mass is 389 g/mol. The zero-order chi connectivity index (χ0) is 20.4. The smallest absolute Gasteiger partial charge is 0.336 e. The van der Waals surface area contributed by atoms with Crippen LogP contribution in [0.1, 0.15) is 11.1 Å². The van der Waals surface area contributed by atoms with Gasteiger partial charge in [-0.2, -0.15) is 0 Å². The third kappa shape index (κ3) is 3.70. The van der Waals surface area contributed by atoms with Gasteiger partial charge in [-0.1, -0.05) is 48.5 Å². The minimum Gasteiger partial charge on any atom is -0.461 e. The number of nitro benzene ring substituents is 1. The van der Waals surface area contributed by atoms with Gasteiger partial charge in [0.15, 0.2) is 0 Å². The van der Waals surface area contributed by atoms with Crippen molar-refractivity contribution < 1.29 is 18.9 Å². The van der Waals surface area contributed by atoms with E-state index in [1.807, 2.05) is 30.3 Å². The minimum absolute atomic E-state index is 0.138. The Balaban J connectivity index is 1.63. The maximum Gasteiger partial charge on any atom is 0.336 e. The summed E-state index contributed by atoms with van der Waals surface area (Å²) in [5.41, 5.74) is 0.508. The summed E-state index contributed by atoms with van der Waals surface area (Å²) >= 11 is 0. The van der Waals surface area contributed by atoms with Crippen molar-refractivity contribution in [3.05, 3.63) is 98.4 Å². The molecule has 0 fully saturated rings. The van der Waals surface area contributed by atoms with Crippen LogP contribution in [0.4, 0.5) is 5.69 Å². The molecule has 4 rings (SSSR count). The van der Waals surface area contributed by atoms with Crippen LogP contribution in [0, 0.1) is 10.1 Å². The number of carbonyl (C=O) groups is 1. The summed E-state index contributed by atoms with van der Waals surface area (Å²) in [5.74, 6) is -0.624. The zero-order valence-electron chi connectivity index (χ0n) is 15.2. The Morgan fingerprint density at radius 2 is 1.76 bits per heavy atom. The van der Waals surface area contributed by atoms with Crippen LogP contribution in [0.5, 0.6) is 0 Å². The molecular weight excluding hydrogens is 374 g/mol. The molecule has 1 aromatic heterocycles. The van der Waals surface area contributed by atoms with E-state index in [9.17, 15) is 19.7 Å². The van der Waals surface area contributed by atoms with Crippen molar-refractivity contribution in [3.8, 4) is 0 Å². The Morgan fingerprint density at radius 1 is 1.00 bits per heavy atom. The molecule has 7 nitrogen and oxygen atoms in total. The van der Waals surface area contributed by atoms with Gasteiger partial charge in [0.05, 0.1) is 11.3 Å². The highest BCUT2D eigenvalue weighted by Gasteiger charge is 2.17. The summed E-state index contributed by atoms with van der Waals surface area (Å²) in [7, 11) is 0. The van der Waals surface area contributed by atoms with Crippen LogP contribution in [0.15, 0.2) is 75.9 Å². The van der Waals surface area contributed by atoms with E-state index < -0.39 is 16.5 Å². The van der Waals surface area contributed by atoms with Crippen LogP contribution in [0.2, 0.25) is 0 Å². The molecule has 0 aliphatic heterocycles. The second-order valence-electron chi connectivity index (χ2n) is 6.47. The zero-order valence-corrected chi connectivity index (χ0v) is 15.2. The normalized spacial score (nSPS) is 10.9. The molecule has 4 aromatic rings. The lowest BCUT2D eigenvalue weighted by atomic mass is 10.0. The van der Waals surface area contributed by atoms with Crippen molar-refractivity contribution in [2.75, 3.05) is 0 Å². The summed E-state index contributed by atoms with van der Waals surface area (Å²) in [5, 5.41) is 13.6. The molecule has 0 bridgehead atoms. The van der Waals surface area contributed by atoms with Crippen LogP contribution in [-0.4, -0.2) is 10.9 Å². The molecule has 0 spiro atoms. The van der Waals surface area contributed by atoms with Gasteiger partial charge in [-0.15, -0.1) is 0 Å². The van der Waals surface area contributed by atoms with Crippen molar-refractivity contribution in [2.24, 2.45) is 0 Å². The molecule has 7 heteroatoms. The number of ether oxygens (including phenoxy) is 1. The highest BCUT2D eigenvalue weighted by Crippen LogP contribution is 2.28. The maximum absolute atomic E-state index is 12.3. The summed E-state index contributed by atoms with van der Waals surface area (Å²) in [4.78, 5) is 34.8. The lowest BCUT2D eigenvalue weighted by Gasteiger charge is -2.10. The van der Waals surface area contributed by atoms with Crippen molar-refractivity contribution in [1.82, 2.24) is 0 Å². The third-order valence-corrected chi connectivity index (χ3v) is 4.63. The van der Waals surface area contributed by atoms with E-state index in [2.05, 4.69) is 0 Å². The van der Waals surface area contributed by atoms with Crippen LogP contribution in [0.25, 0.3) is 21.7 Å². The Kier molecular flexibility index (Phi) is 4.78. The molecule has 0 saturated heterocycles. The van der Waals surface area contributed by atoms with Crippen molar-refractivity contribution in [1.29, 1.82) is 0 Å². The molecule has 1 heterocycles. The largest absolute Gasteiger partial charge is 0.461 e. The van der Waals surface area contributed by atoms with Gasteiger partial charge >= 0.3 is 11.6 Å². The van der Waals surface area contributed by atoms with Gasteiger partial charge in [0.25, 0.3) is 5.69 Å². The molecule has 0 amide bonds. The number of hydrogen-bond donors (Lipinski definition) is 0. The first-order valence-corrected chi connectivity index (χ1v) is 8.85. The van der Waals surface area contributed by atoms with Crippen LogP contribution >= 0.6 is 0 Å². The average Bonchev–Trinajstić information content (AvgIpc) is 2.71. The molecule has 29 heavy (non-hydrogen) atoms. The molecule has 0 atom stereocenters. The van der Waals surface area contributed by atoms with Gasteiger partial charge in [-0.3, -0.25) is 14.9 Å². The Bertz CT molecular complexity index is 1310. The number of benzene rings is 3. The molecule has 0 saturated carbocycles. The quantitative estimate of drug-likeness (QED) is 0.167. The number of nitro groups is 1. The summed E-state index contributed by atoms with van der Waals surface area (Å²) < 4.78 is 10.6. The molecule has 144 valence electrons. The highest BCUT2D eigenvalue weighted by molar-refractivity contribution is 6.07. The van der Waals surface area contributed by atoms with E-state index in [4.69, 9.17) is 9.15 Å². The van der Waals surface area contributed by atoms with Crippen molar-refractivity contribution in [2.45, 2.75) is 13.0 Å². The predicted octanol–water partition coefficient (Wildman–Crippen LogP) is 4.14. The summed E-state index contributed by atoms with van der Waals surface area (Å²) in [6.45, 7) is -0.143. The highest BCUT2D eigenvalue weighted by atomic mass is 16.6. The first kappa shape index (κ1) is 18.4. The number of fused-ring (bicyclic) bond motifs is 3. The van der Waals surface area contributed by atoms with Crippen molar-refractivity contribution in [3.63, 3.8) is 0 Å². The van der Waals surface area contributed by atoms with E-state index in [0.29, 0.717) is 16.5 Å².